The minimum absolute atomic E-state index is 0.174. The van der Waals surface area contributed by atoms with Gasteiger partial charge in [-0.1, -0.05) is 0 Å². The first-order valence-corrected chi connectivity index (χ1v) is 4.90. The van der Waals surface area contributed by atoms with Crippen LogP contribution in [0.4, 0.5) is 0 Å². The number of fused-ring (bicyclic) bond motifs is 1. The van der Waals surface area contributed by atoms with Crippen molar-refractivity contribution >= 4 is 5.78 Å². The van der Waals surface area contributed by atoms with Crippen molar-refractivity contribution in [1.82, 2.24) is 15.1 Å². The van der Waals surface area contributed by atoms with E-state index >= 15 is 0 Å². The van der Waals surface area contributed by atoms with E-state index in [9.17, 15) is 4.79 Å². The van der Waals surface area contributed by atoms with Crippen molar-refractivity contribution in [3.63, 3.8) is 0 Å². The van der Waals surface area contributed by atoms with Crippen molar-refractivity contribution in [3.8, 4) is 0 Å². The number of rotatable bonds is 2. The van der Waals surface area contributed by atoms with E-state index in [1.54, 1.807) is 6.92 Å². The second kappa shape index (κ2) is 3.53. The van der Waals surface area contributed by atoms with Crippen LogP contribution < -0.4 is 0 Å². The third-order valence-corrected chi connectivity index (χ3v) is 2.63. The third kappa shape index (κ3) is 1.70. The molecule has 0 saturated heterocycles. The molecule has 0 saturated carbocycles. The Morgan fingerprint density at radius 2 is 2.43 bits per heavy atom. The molecule has 4 nitrogen and oxygen atoms in total. The van der Waals surface area contributed by atoms with Gasteiger partial charge in [-0.2, -0.15) is 5.10 Å². The lowest BCUT2D eigenvalue weighted by atomic mass is 10.0. The van der Waals surface area contributed by atoms with Gasteiger partial charge in [-0.05, 0) is 14.0 Å². The smallest absolute Gasteiger partial charge is 0.135 e. The maximum Gasteiger partial charge on any atom is 0.135 e. The molecule has 0 amide bonds. The first-order chi connectivity index (χ1) is 6.66. The molecule has 14 heavy (non-hydrogen) atoms. The summed E-state index contributed by atoms with van der Waals surface area (Å²) >= 11 is 0. The molecule has 0 fully saturated rings. The first-order valence-electron chi connectivity index (χ1n) is 4.90. The summed E-state index contributed by atoms with van der Waals surface area (Å²) in [5, 5.41) is 7.22. The number of Topliss-reactive ketones (excluding diaryl/α,β-unsaturated/α-hetero) is 1. The van der Waals surface area contributed by atoms with E-state index < -0.39 is 0 Å². The molecule has 0 aromatic carbocycles. The van der Waals surface area contributed by atoms with Crippen molar-refractivity contribution in [2.24, 2.45) is 0 Å². The minimum atomic E-state index is 0.174. The standard InChI is InChI=1S/C10H15N3O/c1-7(14)5-10-8-6-13(2)4-3-9(8)11-12-10/h3-6H2,1-2H3,(H,11,12). The monoisotopic (exact) mass is 193 g/mol. The molecule has 1 aliphatic heterocycles. The van der Waals surface area contributed by atoms with Crippen LogP contribution in [0.25, 0.3) is 0 Å². The average Bonchev–Trinajstić information content (AvgIpc) is 2.47. The summed E-state index contributed by atoms with van der Waals surface area (Å²) in [6.07, 6.45) is 1.47. The van der Waals surface area contributed by atoms with Gasteiger partial charge in [-0.15, -0.1) is 0 Å². The maximum atomic E-state index is 11.0. The van der Waals surface area contributed by atoms with Crippen molar-refractivity contribution in [2.45, 2.75) is 26.3 Å². The molecule has 0 radical (unpaired) electrons. The fraction of sp³-hybridized carbons (Fsp3) is 0.600. The predicted molar refractivity (Wildman–Crippen MR) is 53.0 cm³/mol. The Balaban J connectivity index is 2.26. The second-order valence-electron chi connectivity index (χ2n) is 3.99. The molecule has 2 rings (SSSR count). The highest BCUT2D eigenvalue weighted by molar-refractivity contribution is 5.78. The Morgan fingerprint density at radius 1 is 1.64 bits per heavy atom. The van der Waals surface area contributed by atoms with Crippen LogP contribution in [0, 0.1) is 0 Å². The topological polar surface area (TPSA) is 49.0 Å². The number of hydrogen-bond donors (Lipinski definition) is 1. The van der Waals surface area contributed by atoms with Gasteiger partial charge >= 0.3 is 0 Å². The first kappa shape index (κ1) is 9.40. The average molecular weight is 193 g/mol. The zero-order chi connectivity index (χ0) is 10.1. The van der Waals surface area contributed by atoms with Gasteiger partial charge in [0.2, 0.25) is 0 Å². The van der Waals surface area contributed by atoms with Gasteiger partial charge in [0.15, 0.2) is 0 Å². The van der Waals surface area contributed by atoms with E-state index in [-0.39, 0.29) is 5.78 Å². The van der Waals surface area contributed by atoms with E-state index in [4.69, 9.17) is 0 Å². The third-order valence-electron chi connectivity index (χ3n) is 2.63. The molecule has 2 heterocycles. The van der Waals surface area contributed by atoms with Gasteiger partial charge in [-0.25, -0.2) is 0 Å². The number of aromatic amines is 1. The molecule has 1 aromatic heterocycles. The lowest BCUT2D eigenvalue weighted by Crippen LogP contribution is -2.26. The highest BCUT2D eigenvalue weighted by Gasteiger charge is 2.19. The fourth-order valence-corrected chi connectivity index (χ4v) is 1.87. The van der Waals surface area contributed by atoms with Crippen LogP contribution in [0.3, 0.4) is 0 Å². The van der Waals surface area contributed by atoms with Gasteiger partial charge in [0, 0.05) is 30.8 Å². The molecule has 1 aromatic rings. The van der Waals surface area contributed by atoms with Crippen LogP contribution in [0.15, 0.2) is 0 Å². The number of carbonyl (C=O) groups excluding carboxylic acids is 1. The number of likely N-dealkylation sites (N-methyl/N-ethyl adjacent to an activating group) is 1. The van der Waals surface area contributed by atoms with Gasteiger partial charge in [0.05, 0.1) is 12.1 Å². The molecule has 0 unspecified atom stereocenters. The summed E-state index contributed by atoms with van der Waals surface area (Å²) in [4.78, 5) is 13.3. The Morgan fingerprint density at radius 3 is 3.14 bits per heavy atom. The van der Waals surface area contributed by atoms with Gasteiger partial charge in [0.1, 0.15) is 5.78 Å². The Bertz CT molecular complexity index is 356. The van der Waals surface area contributed by atoms with Crippen molar-refractivity contribution in [2.75, 3.05) is 13.6 Å². The summed E-state index contributed by atoms with van der Waals surface area (Å²) < 4.78 is 0. The molecule has 76 valence electrons. The van der Waals surface area contributed by atoms with E-state index in [1.807, 2.05) is 0 Å². The molecule has 0 spiro atoms. The molecule has 4 heteroatoms. The van der Waals surface area contributed by atoms with Gasteiger partial charge < -0.3 is 4.90 Å². The number of ketones is 1. The molecule has 0 atom stereocenters. The summed E-state index contributed by atoms with van der Waals surface area (Å²) in [5.74, 6) is 0.174. The van der Waals surface area contributed by atoms with Crippen LogP contribution in [0.2, 0.25) is 0 Å². The zero-order valence-electron chi connectivity index (χ0n) is 8.63. The summed E-state index contributed by atoms with van der Waals surface area (Å²) in [6, 6.07) is 0. The zero-order valence-corrected chi connectivity index (χ0v) is 8.63. The van der Waals surface area contributed by atoms with Crippen LogP contribution in [-0.4, -0.2) is 34.5 Å². The Kier molecular flexibility index (Phi) is 2.37. The molecular weight excluding hydrogens is 178 g/mol. The summed E-state index contributed by atoms with van der Waals surface area (Å²) in [6.45, 7) is 3.58. The number of H-pyrrole nitrogens is 1. The maximum absolute atomic E-state index is 11.0. The van der Waals surface area contributed by atoms with E-state index in [2.05, 4.69) is 22.1 Å². The largest absolute Gasteiger partial charge is 0.302 e. The van der Waals surface area contributed by atoms with E-state index in [0.29, 0.717) is 6.42 Å². The van der Waals surface area contributed by atoms with Crippen molar-refractivity contribution in [3.05, 3.63) is 17.0 Å². The number of aromatic nitrogens is 2. The Labute approximate surface area is 83.3 Å². The lowest BCUT2D eigenvalue weighted by molar-refractivity contribution is -0.116. The highest BCUT2D eigenvalue weighted by atomic mass is 16.1. The number of nitrogens with zero attached hydrogens (tertiary/aromatic N) is 2. The minimum Gasteiger partial charge on any atom is -0.302 e. The molecule has 1 aliphatic rings. The van der Waals surface area contributed by atoms with E-state index in [0.717, 1.165) is 25.2 Å². The lowest BCUT2D eigenvalue weighted by Gasteiger charge is -2.22. The van der Waals surface area contributed by atoms with Crippen molar-refractivity contribution < 1.29 is 4.79 Å². The van der Waals surface area contributed by atoms with Crippen LogP contribution in [0.1, 0.15) is 23.9 Å². The normalized spacial score (nSPS) is 16.7. The summed E-state index contributed by atoms with van der Waals surface area (Å²) in [5.41, 5.74) is 3.37. The predicted octanol–water partition coefficient (Wildman–Crippen LogP) is 0.529. The van der Waals surface area contributed by atoms with Crippen LogP contribution in [-0.2, 0) is 24.2 Å². The van der Waals surface area contributed by atoms with Crippen molar-refractivity contribution in [1.29, 1.82) is 0 Å². The SMILES string of the molecule is CC(=O)Cc1n[nH]c2c1CN(C)CC2. The Hall–Kier alpha value is -1.16. The summed E-state index contributed by atoms with van der Waals surface area (Å²) in [7, 11) is 2.09. The quantitative estimate of drug-likeness (QED) is 0.745. The number of hydrogen-bond acceptors (Lipinski definition) is 3. The van der Waals surface area contributed by atoms with Gasteiger partial charge in [-0.3, -0.25) is 9.89 Å². The van der Waals surface area contributed by atoms with Crippen LogP contribution in [0.5, 0.6) is 0 Å². The molecule has 0 bridgehead atoms. The molecule has 1 N–H and O–H groups in total. The fourth-order valence-electron chi connectivity index (χ4n) is 1.87. The number of nitrogens with one attached hydrogen (secondary N) is 1. The van der Waals surface area contributed by atoms with Gasteiger partial charge in [0.25, 0.3) is 0 Å². The molecular formula is C10H15N3O. The molecule has 0 aliphatic carbocycles. The number of carbonyl (C=O) groups is 1. The highest BCUT2D eigenvalue weighted by Crippen LogP contribution is 2.19. The van der Waals surface area contributed by atoms with E-state index in [1.165, 1.54) is 11.3 Å². The second-order valence-corrected chi connectivity index (χ2v) is 3.99. The van der Waals surface area contributed by atoms with Crippen LogP contribution >= 0.6 is 0 Å².